The zero-order valence-corrected chi connectivity index (χ0v) is 10.8. The van der Waals surface area contributed by atoms with Crippen LogP contribution in [0.4, 0.5) is 11.6 Å². The average Bonchev–Trinajstić information content (AvgIpc) is 2.89. The number of hydrogen-bond donors (Lipinski definition) is 1. The Morgan fingerprint density at radius 1 is 1.26 bits per heavy atom. The summed E-state index contributed by atoms with van der Waals surface area (Å²) < 4.78 is 10.6. The molecule has 1 aliphatic heterocycles. The number of nitrogens with two attached hydrogens (primary N) is 1. The van der Waals surface area contributed by atoms with Crippen molar-refractivity contribution in [2.24, 2.45) is 0 Å². The lowest BCUT2D eigenvalue weighted by atomic mass is 10.1. The fraction of sp³-hybridized carbons (Fsp3) is 0.385. The van der Waals surface area contributed by atoms with Gasteiger partial charge in [-0.25, -0.2) is 0 Å². The molecule has 0 aliphatic carbocycles. The van der Waals surface area contributed by atoms with Crippen molar-refractivity contribution in [2.45, 2.75) is 6.92 Å². The number of ether oxygens (including phenoxy) is 1. The molecule has 0 saturated carbocycles. The molecule has 1 fully saturated rings. The van der Waals surface area contributed by atoms with Crippen molar-refractivity contribution in [3.8, 4) is 11.5 Å². The maximum Gasteiger partial charge on any atom is 0.266 e. The van der Waals surface area contributed by atoms with Gasteiger partial charge in [0.1, 0.15) is 0 Å². The molecule has 1 saturated heterocycles. The first-order chi connectivity index (χ1) is 9.24. The van der Waals surface area contributed by atoms with Crippen LogP contribution in [-0.2, 0) is 4.74 Å². The predicted molar refractivity (Wildman–Crippen MR) is 71.9 cm³/mol. The van der Waals surface area contributed by atoms with Crippen LogP contribution < -0.4 is 10.6 Å². The second-order valence-electron chi connectivity index (χ2n) is 4.57. The predicted octanol–water partition coefficient (Wildman–Crippen LogP) is 1.46. The molecule has 2 N–H and O–H groups in total. The van der Waals surface area contributed by atoms with Crippen LogP contribution in [0.15, 0.2) is 22.7 Å². The molecule has 2 heterocycles. The second-order valence-corrected chi connectivity index (χ2v) is 4.57. The summed E-state index contributed by atoms with van der Waals surface area (Å²) in [5.74, 6) is 1.15. The Hall–Kier alpha value is -2.08. The van der Waals surface area contributed by atoms with Gasteiger partial charge in [-0.15, -0.1) is 0 Å². The molecule has 1 aliphatic rings. The molecule has 0 spiro atoms. The van der Waals surface area contributed by atoms with E-state index in [1.165, 1.54) is 0 Å². The van der Waals surface area contributed by atoms with Crippen molar-refractivity contribution in [1.82, 2.24) is 10.1 Å². The highest BCUT2D eigenvalue weighted by Crippen LogP contribution is 2.25. The molecule has 6 heteroatoms. The zero-order chi connectivity index (χ0) is 13.2. The van der Waals surface area contributed by atoms with Crippen LogP contribution in [0.3, 0.4) is 0 Å². The van der Waals surface area contributed by atoms with Gasteiger partial charge in [-0.3, -0.25) is 0 Å². The van der Waals surface area contributed by atoms with Gasteiger partial charge in [0.15, 0.2) is 0 Å². The van der Waals surface area contributed by atoms with Gasteiger partial charge < -0.3 is 19.9 Å². The molecule has 0 bridgehead atoms. The topological polar surface area (TPSA) is 77.4 Å². The van der Waals surface area contributed by atoms with Gasteiger partial charge in [0.25, 0.3) is 11.8 Å². The number of anilines is 2. The van der Waals surface area contributed by atoms with E-state index in [-0.39, 0.29) is 0 Å². The van der Waals surface area contributed by atoms with Crippen molar-refractivity contribution in [3.63, 3.8) is 0 Å². The second kappa shape index (κ2) is 4.89. The molecule has 0 atom stereocenters. The van der Waals surface area contributed by atoms with Crippen LogP contribution in [0.1, 0.15) is 5.56 Å². The minimum Gasteiger partial charge on any atom is -0.399 e. The van der Waals surface area contributed by atoms with E-state index in [2.05, 4.69) is 15.0 Å². The highest BCUT2D eigenvalue weighted by atomic mass is 16.5. The Kier molecular flexibility index (Phi) is 3.08. The van der Waals surface area contributed by atoms with E-state index in [4.69, 9.17) is 15.0 Å². The number of nitrogen functional groups attached to an aromatic ring is 1. The number of morpholine rings is 1. The summed E-state index contributed by atoms with van der Waals surface area (Å²) in [5, 5.41) is 4.03. The van der Waals surface area contributed by atoms with Crippen molar-refractivity contribution in [2.75, 3.05) is 36.9 Å². The zero-order valence-electron chi connectivity index (χ0n) is 10.8. The minimum atomic E-state index is 0.527. The molecule has 0 radical (unpaired) electrons. The molecule has 1 aromatic heterocycles. The highest BCUT2D eigenvalue weighted by molar-refractivity contribution is 5.63. The van der Waals surface area contributed by atoms with E-state index in [0.29, 0.717) is 25.1 Å². The first-order valence-corrected chi connectivity index (χ1v) is 6.27. The highest BCUT2D eigenvalue weighted by Gasteiger charge is 2.18. The van der Waals surface area contributed by atoms with Crippen LogP contribution >= 0.6 is 0 Å². The summed E-state index contributed by atoms with van der Waals surface area (Å²) in [6.07, 6.45) is 0. The van der Waals surface area contributed by atoms with Crippen LogP contribution in [0, 0.1) is 6.92 Å². The Morgan fingerprint density at radius 2 is 2.05 bits per heavy atom. The van der Waals surface area contributed by atoms with Gasteiger partial charge >= 0.3 is 0 Å². The van der Waals surface area contributed by atoms with Crippen molar-refractivity contribution in [3.05, 3.63) is 23.8 Å². The summed E-state index contributed by atoms with van der Waals surface area (Å²) in [4.78, 5) is 6.51. The monoisotopic (exact) mass is 260 g/mol. The SMILES string of the molecule is Cc1cc(N)ccc1-c1nc(N2CCOCC2)no1. The lowest BCUT2D eigenvalue weighted by molar-refractivity contribution is 0.121. The van der Waals surface area contributed by atoms with Crippen molar-refractivity contribution in [1.29, 1.82) is 0 Å². The summed E-state index contributed by atoms with van der Waals surface area (Å²) in [7, 11) is 0. The van der Waals surface area contributed by atoms with Crippen molar-refractivity contribution < 1.29 is 9.26 Å². The molecule has 0 unspecified atom stereocenters. The van der Waals surface area contributed by atoms with Gasteiger partial charge in [0.05, 0.1) is 13.2 Å². The van der Waals surface area contributed by atoms with Crippen molar-refractivity contribution >= 4 is 11.6 Å². The summed E-state index contributed by atoms with van der Waals surface area (Å²) >= 11 is 0. The third-order valence-electron chi connectivity index (χ3n) is 3.19. The Morgan fingerprint density at radius 3 is 2.79 bits per heavy atom. The van der Waals surface area contributed by atoms with E-state index < -0.39 is 0 Å². The molecular formula is C13H16N4O2. The number of aryl methyl sites for hydroxylation is 1. The van der Waals surface area contributed by atoms with Crippen LogP contribution in [-0.4, -0.2) is 36.4 Å². The minimum absolute atomic E-state index is 0.527. The Bertz CT molecular complexity index is 576. The van der Waals surface area contributed by atoms with E-state index in [1.807, 2.05) is 25.1 Å². The smallest absolute Gasteiger partial charge is 0.266 e. The lowest BCUT2D eigenvalue weighted by Crippen LogP contribution is -2.36. The summed E-state index contributed by atoms with van der Waals surface area (Å²) in [6, 6.07) is 5.64. The standard InChI is InChI=1S/C13H16N4O2/c1-9-8-10(14)2-3-11(9)12-15-13(16-19-12)17-4-6-18-7-5-17/h2-3,8H,4-7,14H2,1H3. The largest absolute Gasteiger partial charge is 0.399 e. The Labute approximate surface area is 111 Å². The van der Waals surface area contributed by atoms with Gasteiger partial charge in [-0.1, -0.05) is 0 Å². The molecule has 2 aromatic rings. The van der Waals surface area contributed by atoms with Gasteiger partial charge in [-0.2, -0.15) is 4.98 Å². The first kappa shape index (κ1) is 12.0. The van der Waals surface area contributed by atoms with Crippen LogP contribution in [0.2, 0.25) is 0 Å². The molecule has 3 rings (SSSR count). The van der Waals surface area contributed by atoms with E-state index in [0.717, 1.165) is 29.9 Å². The van der Waals surface area contributed by atoms with Gasteiger partial charge in [0.2, 0.25) is 0 Å². The quantitative estimate of drug-likeness (QED) is 0.824. The normalized spacial score (nSPS) is 15.7. The van der Waals surface area contributed by atoms with E-state index >= 15 is 0 Å². The van der Waals surface area contributed by atoms with E-state index in [1.54, 1.807) is 0 Å². The fourth-order valence-electron chi connectivity index (χ4n) is 2.14. The number of rotatable bonds is 2. The molecule has 1 aromatic carbocycles. The number of nitrogens with zero attached hydrogens (tertiary/aromatic N) is 3. The van der Waals surface area contributed by atoms with Gasteiger partial charge in [0, 0.05) is 24.3 Å². The van der Waals surface area contributed by atoms with Crippen LogP contribution in [0.25, 0.3) is 11.5 Å². The third-order valence-corrected chi connectivity index (χ3v) is 3.19. The Balaban J connectivity index is 1.87. The maximum absolute atomic E-state index is 5.74. The number of hydrogen-bond acceptors (Lipinski definition) is 6. The third kappa shape index (κ3) is 2.39. The first-order valence-electron chi connectivity index (χ1n) is 6.27. The lowest BCUT2D eigenvalue weighted by Gasteiger charge is -2.24. The average molecular weight is 260 g/mol. The van der Waals surface area contributed by atoms with E-state index in [9.17, 15) is 0 Å². The number of benzene rings is 1. The summed E-state index contributed by atoms with van der Waals surface area (Å²) in [5.41, 5.74) is 8.41. The van der Waals surface area contributed by atoms with Crippen LogP contribution in [0.5, 0.6) is 0 Å². The summed E-state index contributed by atoms with van der Waals surface area (Å²) in [6.45, 7) is 4.96. The maximum atomic E-state index is 5.74. The fourth-order valence-corrected chi connectivity index (χ4v) is 2.14. The van der Waals surface area contributed by atoms with Gasteiger partial charge in [-0.05, 0) is 35.8 Å². The number of aromatic nitrogens is 2. The molecule has 19 heavy (non-hydrogen) atoms. The molecule has 100 valence electrons. The molecule has 6 nitrogen and oxygen atoms in total. The molecule has 0 amide bonds. The molecular weight excluding hydrogens is 244 g/mol.